The molecule has 1 saturated heterocycles. The molecule has 0 amide bonds. The fourth-order valence-corrected chi connectivity index (χ4v) is 2.59. The van der Waals surface area contributed by atoms with Gasteiger partial charge in [0, 0.05) is 26.2 Å². The van der Waals surface area contributed by atoms with Gasteiger partial charge in [-0.25, -0.2) is 0 Å². The maximum absolute atomic E-state index is 3.93. The number of thiophene rings is 1. The highest BCUT2D eigenvalue weighted by molar-refractivity contribution is 7.07. The van der Waals surface area contributed by atoms with Crippen LogP contribution in [-0.2, 0) is 0 Å². The van der Waals surface area contributed by atoms with Crippen LogP contribution in [0.5, 0.6) is 0 Å². The van der Waals surface area contributed by atoms with Crippen molar-refractivity contribution < 1.29 is 0 Å². The minimum absolute atomic E-state index is 0. The van der Waals surface area contributed by atoms with E-state index >= 15 is 0 Å². The van der Waals surface area contributed by atoms with Gasteiger partial charge in [-0.05, 0) is 22.4 Å². The second-order valence-electron chi connectivity index (χ2n) is 3.52. The van der Waals surface area contributed by atoms with Crippen LogP contribution in [-0.4, -0.2) is 31.1 Å². The molecule has 1 N–H and O–H groups in total. The van der Waals surface area contributed by atoms with Crippen LogP contribution >= 0.6 is 36.2 Å². The van der Waals surface area contributed by atoms with Crippen molar-refractivity contribution >= 4 is 36.2 Å². The SMILES string of the molecule is C=C[C@H](c1ccsc1)N1CCNCC1.Cl.Cl. The number of rotatable bonds is 3. The van der Waals surface area contributed by atoms with Crippen LogP contribution in [0.4, 0.5) is 0 Å². The zero-order valence-corrected chi connectivity index (χ0v) is 11.5. The minimum atomic E-state index is 0. The van der Waals surface area contributed by atoms with Gasteiger partial charge in [0.2, 0.25) is 0 Å². The summed E-state index contributed by atoms with van der Waals surface area (Å²) in [7, 11) is 0. The summed E-state index contributed by atoms with van der Waals surface area (Å²) in [5, 5.41) is 7.72. The van der Waals surface area contributed by atoms with Crippen LogP contribution in [0.3, 0.4) is 0 Å². The average Bonchev–Trinajstić information content (AvgIpc) is 2.74. The standard InChI is InChI=1S/C11H16N2S.2ClH/c1-2-11(10-3-8-14-9-10)13-6-4-12-5-7-13;;/h2-3,8-9,11-12H,1,4-7H2;2*1H/t11-;;/m1../s1. The van der Waals surface area contributed by atoms with Crippen molar-refractivity contribution in [1.29, 1.82) is 0 Å². The Morgan fingerprint density at radius 3 is 2.56 bits per heavy atom. The molecular weight excluding hydrogens is 263 g/mol. The number of nitrogens with zero attached hydrogens (tertiary/aromatic N) is 1. The molecular formula is C11H18Cl2N2S. The summed E-state index contributed by atoms with van der Waals surface area (Å²) >= 11 is 1.76. The number of nitrogens with one attached hydrogen (secondary N) is 1. The Morgan fingerprint density at radius 1 is 1.38 bits per heavy atom. The summed E-state index contributed by atoms with van der Waals surface area (Å²) in [4.78, 5) is 2.48. The molecule has 0 saturated carbocycles. The van der Waals surface area contributed by atoms with E-state index in [9.17, 15) is 0 Å². The van der Waals surface area contributed by atoms with Crippen molar-refractivity contribution in [1.82, 2.24) is 10.2 Å². The quantitative estimate of drug-likeness (QED) is 0.857. The largest absolute Gasteiger partial charge is 0.314 e. The molecule has 1 atom stereocenters. The number of halogens is 2. The Hall–Kier alpha value is -0.0600. The molecule has 1 aliphatic heterocycles. The van der Waals surface area contributed by atoms with Crippen LogP contribution in [0, 0.1) is 0 Å². The van der Waals surface area contributed by atoms with Gasteiger partial charge in [0.25, 0.3) is 0 Å². The van der Waals surface area contributed by atoms with Crippen molar-refractivity contribution in [3.05, 3.63) is 35.0 Å². The lowest BCUT2D eigenvalue weighted by atomic mass is 10.1. The molecule has 0 aromatic carbocycles. The molecule has 0 spiro atoms. The lowest BCUT2D eigenvalue weighted by molar-refractivity contribution is 0.204. The third kappa shape index (κ3) is 3.75. The van der Waals surface area contributed by atoms with Crippen LogP contribution < -0.4 is 5.32 Å². The van der Waals surface area contributed by atoms with E-state index in [0.29, 0.717) is 6.04 Å². The molecule has 2 nitrogen and oxygen atoms in total. The predicted octanol–water partition coefficient (Wildman–Crippen LogP) is 2.72. The molecule has 1 aliphatic rings. The molecule has 5 heteroatoms. The van der Waals surface area contributed by atoms with Gasteiger partial charge in [-0.2, -0.15) is 11.3 Å². The Labute approximate surface area is 114 Å². The van der Waals surface area contributed by atoms with Gasteiger partial charge in [-0.1, -0.05) is 6.08 Å². The topological polar surface area (TPSA) is 15.3 Å². The van der Waals surface area contributed by atoms with E-state index in [1.54, 1.807) is 11.3 Å². The van der Waals surface area contributed by atoms with Crippen molar-refractivity contribution in [3.63, 3.8) is 0 Å². The van der Waals surface area contributed by atoms with E-state index < -0.39 is 0 Å². The number of hydrogen-bond acceptors (Lipinski definition) is 3. The van der Waals surface area contributed by atoms with Gasteiger partial charge in [-0.15, -0.1) is 31.4 Å². The van der Waals surface area contributed by atoms with Gasteiger partial charge >= 0.3 is 0 Å². The second-order valence-corrected chi connectivity index (χ2v) is 4.30. The fourth-order valence-electron chi connectivity index (χ4n) is 1.90. The Morgan fingerprint density at radius 2 is 2.06 bits per heavy atom. The first kappa shape index (κ1) is 15.9. The van der Waals surface area contributed by atoms with Gasteiger partial charge in [0.05, 0.1) is 6.04 Å². The maximum atomic E-state index is 3.93. The highest BCUT2D eigenvalue weighted by atomic mass is 35.5. The van der Waals surface area contributed by atoms with Crippen LogP contribution in [0.1, 0.15) is 11.6 Å². The molecule has 2 rings (SSSR count). The zero-order chi connectivity index (χ0) is 9.80. The van der Waals surface area contributed by atoms with Crippen molar-refractivity contribution in [2.45, 2.75) is 6.04 Å². The summed E-state index contributed by atoms with van der Waals surface area (Å²) in [5.74, 6) is 0. The van der Waals surface area contributed by atoms with E-state index in [4.69, 9.17) is 0 Å². The monoisotopic (exact) mass is 280 g/mol. The third-order valence-electron chi connectivity index (χ3n) is 2.65. The van der Waals surface area contributed by atoms with Crippen molar-refractivity contribution in [2.75, 3.05) is 26.2 Å². The molecule has 92 valence electrons. The smallest absolute Gasteiger partial charge is 0.0538 e. The average molecular weight is 281 g/mol. The van der Waals surface area contributed by atoms with E-state index in [0.717, 1.165) is 26.2 Å². The van der Waals surface area contributed by atoms with Crippen LogP contribution in [0.15, 0.2) is 29.5 Å². The highest BCUT2D eigenvalue weighted by Crippen LogP contribution is 2.23. The molecule has 1 fully saturated rings. The first-order valence-electron chi connectivity index (χ1n) is 5.01. The Balaban J connectivity index is 0.00000112. The molecule has 0 aliphatic carbocycles. The lowest BCUT2D eigenvalue weighted by Crippen LogP contribution is -2.44. The first-order valence-corrected chi connectivity index (χ1v) is 5.95. The summed E-state index contributed by atoms with van der Waals surface area (Å²) < 4.78 is 0. The lowest BCUT2D eigenvalue weighted by Gasteiger charge is -2.32. The summed E-state index contributed by atoms with van der Waals surface area (Å²) in [6.45, 7) is 8.35. The Bertz CT molecular complexity index is 284. The van der Waals surface area contributed by atoms with Gasteiger partial charge < -0.3 is 5.32 Å². The van der Waals surface area contributed by atoms with Crippen molar-refractivity contribution in [2.24, 2.45) is 0 Å². The molecule has 16 heavy (non-hydrogen) atoms. The summed E-state index contributed by atoms with van der Waals surface area (Å²) in [5.41, 5.74) is 1.38. The summed E-state index contributed by atoms with van der Waals surface area (Å²) in [6, 6.07) is 2.60. The molecule has 0 radical (unpaired) electrons. The summed E-state index contributed by atoms with van der Waals surface area (Å²) in [6.07, 6.45) is 2.05. The van der Waals surface area contributed by atoms with Gasteiger partial charge in [0.1, 0.15) is 0 Å². The van der Waals surface area contributed by atoms with E-state index in [1.807, 2.05) is 6.08 Å². The number of piperazine rings is 1. The van der Waals surface area contributed by atoms with E-state index in [1.165, 1.54) is 5.56 Å². The fraction of sp³-hybridized carbons (Fsp3) is 0.455. The highest BCUT2D eigenvalue weighted by Gasteiger charge is 2.19. The van der Waals surface area contributed by atoms with Gasteiger partial charge in [0.15, 0.2) is 0 Å². The predicted molar refractivity (Wildman–Crippen MR) is 76.2 cm³/mol. The second kappa shape index (κ2) is 8.09. The third-order valence-corrected chi connectivity index (χ3v) is 3.35. The molecule has 1 aromatic heterocycles. The van der Waals surface area contributed by atoms with Crippen LogP contribution in [0.2, 0.25) is 0 Å². The number of hydrogen-bond donors (Lipinski definition) is 1. The zero-order valence-electron chi connectivity index (χ0n) is 9.09. The normalized spacial score (nSPS) is 18.0. The van der Waals surface area contributed by atoms with E-state index in [-0.39, 0.29) is 24.8 Å². The minimum Gasteiger partial charge on any atom is -0.314 e. The molecule has 2 heterocycles. The Kier molecular flexibility index (Phi) is 8.06. The van der Waals surface area contributed by atoms with E-state index in [2.05, 4.69) is 33.6 Å². The van der Waals surface area contributed by atoms with Gasteiger partial charge in [-0.3, -0.25) is 4.90 Å². The van der Waals surface area contributed by atoms with Crippen LogP contribution in [0.25, 0.3) is 0 Å². The first-order chi connectivity index (χ1) is 6.92. The molecule has 0 unspecified atom stereocenters. The maximum Gasteiger partial charge on any atom is 0.0538 e. The molecule has 0 bridgehead atoms. The van der Waals surface area contributed by atoms with Crippen molar-refractivity contribution in [3.8, 4) is 0 Å². The molecule has 1 aromatic rings.